The molecule has 0 saturated carbocycles. The van der Waals surface area contributed by atoms with Crippen molar-refractivity contribution in [1.82, 2.24) is 0 Å². The van der Waals surface area contributed by atoms with Crippen LogP contribution in [0, 0.1) is 0 Å². The molecule has 110 valence electrons. The van der Waals surface area contributed by atoms with Crippen LogP contribution in [-0.2, 0) is 10.0 Å². The van der Waals surface area contributed by atoms with Crippen molar-refractivity contribution in [3.8, 4) is 0 Å². The summed E-state index contributed by atoms with van der Waals surface area (Å²) in [5.74, 6) is 0. The summed E-state index contributed by atoms with van der Waals surface area (Å²) in [6.07, 6.45) is 0. The molecule has 0 fully saturated rings. The maximum atomic E-state index is 12.3. The van der Waals surface area contributed by atoms with Crippen molar-refractivity contribution in [2.24, 2.45) is 5.73 Å². The first-order chi connectivity index (χ1) is 9.79. The van der Waals surface area contributed by atoms with Crippen LogP contribution in [0.1, 0.15) is 5.56 Å². The van der Waals surface area contributed by atoms with Gasteiger partial charge in [-0.3, -0.25) is 4.72 Å². The molecule has 2 aromatic carbocycles. The van der Waals surface area contributed by atoms with Gasteiger partial charge in [0, 0.05) is 10.6 Å². The molecule has 8 heteroatoms. The van der Waals surface area contributed by atoms with Gasteiger partial charge < -0.3 is 5.73 Å². The number of nitrogens with one attached hydrogen (secondary N) is 1. The highest BCUT2D eigenvalue weighted by molar-refractivity contribution is 7.92. The minimum atomic E-state index is -3.80. The van der Waals surface area contributed by atoms with E-state index < -0.39 is 10.0 Å². The predicted octanol–water partition coefficient (Wildman–Crippen LogP) is 3.43. The predicted molar refractivity (Wildman–Crippen MR) is 89.6 cm³/mol. The molecule has 4 nitrogen and oxygen atoms in total. The van der Waals surface area contributed by atoms with Crippen molar-refractivity contribution < 1.29 is 8.42 Å². The minimum absolute atomic E-state index is 0.0341. The lowest BCUT2D eigenvalue weighted by molar-refractivity contribution is 0.601. The van der Waals surface area contributed by atoms with E-state index in [2.05, 4.69) is 4.72 Å². The molecule has 0 radical (unpaired) electrons. The Morgan fingerprint density at radius 2 is 1.86 bits per heavy atom. The second-order valence-electron chi connectivity index (χ2n) is 4.12. The lowest BCUT2D eigenvalue weighted by Gasteiger charge is -2.11. The summed E-state index contributed by atoms with van der Waals surface area (Å²) in [4.78, 5) is 0.182. The zero-order chi connectivity index (χ0) is 15.6. The number of nitrogens with two attached hydrogens (primary N) is 1. The summed E-state index contributed by atoms with van der Waals surface area (Å²) in [6, 6.07) is 10.5. The van der Waals surface area contributed by atoms with Crippen molar-refractivity contribution in [1.29, 1.82) is 0 Å². The Kier molecular flexibility index (Phi) is 4.73. The molecule has 0 atom stereocenters. The Labute approximate surface area is 137 Å². The Bertz CT molecular complexity index is 808. The summed E-state index contributed by atoms with van der Waals surface area (Å²) in [6.45, 7) is 0. The van der Waals surface area contributed by atoms with E-state index in [1.165, 1.54) is 24.3 Å². The number of benzene rings is 2. The van der Waals surface area contributed by atoms with Gasteiger partial charge in [0.25, 0.3) is 10.0 Å². The number of thiocarbonyl (C=S) groups is 1. The largest absolute Gasteiger partial charge is 0.389 e. The molecule has 0 aromatic heterocycles. The molecule has 0 bridgehead atoms. The van der Waals surface area contributed by atoms with Crippen molar-refractivity contribution in [2.45, 2.75) is 4.90 Å². The number of sulfonamides is 1. The van der Waals surface area contributed by atoms with E-state index in [1.807, 2.05) is 0 Å². The smallest absolute Gasteiger partial charge is 0.261 e. The normalized spacial score (nSPS) is 11.1. The number of rotatable bonds is 4. The third-order valence-electron chi connectivity index (χ3n) is 2.60. The second kappa shape index (κ2) is 6.19. The van der Waals surface area contributed by atoms with Crippen LogP contribution < -0.4 is 10.5 Å². The standard InChI is InChI=1S/C13H10Cl2N2O2S2/c14-9-2-1-3-10(7-9)21(18,19)17-12-6-8(13(16)20)4-5-11(12)15/h1-7,17H,(H2,16,20). The van der Waals surface area contributed by atoms with Gasteiger partial charge in [-0.2, -0.15) is 0 Å². The third-order valence-corrected chi connectivity index (χ3v) is 4.77. The Morgan fingerprint density at radius 1 is 1.14 bits per heavy atom. The van der Waals surface area contributed by atoms with Crippen LogP contribution in [-0.4, -0.2) is 13.4 Å². The maximum Gasteiger partial charge on any atom is 0.261 e. The van der Waals surface area contributed by atoms with Crippen LogP contribution in [0.5, 0.6) is 0 Å². The number of hydrogen-bond acceptors (Lipinski definition) is 3. The molecule has 0 amide bonds. The van der Waals surface area contributed by atoms with Gasteiger partial charge in [-0.25, -0.2) is 8.42 Å². The first-order valence-electron chi connectivity index (χ1n) is 5.67. The van der Waals surface area contributed by atoms with Crippen LogP contribution in [0.3, 0.4) is 0 Å². The average Bonchev–Trinajstić information content (AvgIpc) is 2.41. The molecule has 0 saturated heterocycles. The molecule has 0 aliphatic carbocycles. The average molecular weight is 361 g/mol. The fraction of sp³-hybridized carbons (Fsp3) is 0. The van der Waals surface area contributed by atoms with Crippen molar-refractivity contribution in [3.05, 3.63) is 58.1 Å². The Balaban J connectivity index is 2.41. The van der Waals surface area contributed by atoms with Gasteiger partial charge in [0.15, 0.2) is 0 Å². The second-order valence-corrected chi connectivity index (χ2v) is 7.09. The lowest BCUT2D eigenvalue weighted by Crippen LogP contribution is -2.15. The molecule has 2 aromatic rings. The van der Waals surface area contributed by atoms with E-state index in [9.17, 15) is 8.42 Å². The highest BCUT2D eigenvalue weighted by Gasteiger charge is 2.16. The van der Waals surface area contributed by atoms with E-state index in [1.54, 1.807) is 18.2 Å². The summed E-state index contributed by atoms with van der Waals surface area (Å²) in [5.41, 5.74) is 6.23. The number of anilines is 1. The van der Waals surface area contributed by atoms with E-state index in [-0.39, 0.29) is 20.6 Å². The fourth-order valence-corrected chi connectivity index (χ4v) is 3.31. The monoisotopic (exact) mass is 360 g/mol. The number of halogens is 2. The van der Waals surface area contributed by atoms with E-state index >= 15 is 0 Å². The zero-order valence-corrected chi connectivity index (χ0v) is 13.7. The molecular weight excluding hydrogens is 351 g/mol. The Morgan fingerprint density at radius 3 is 2.48 bits per heavy atom. The summed E-state index contributed by atoms with van der Waals surface area (Å²) in [5, 5.41) is 0.557. The molecular formula is C13H10Cl2N2O2S2. The van der Waals surface area contributed by atoms with Crippen LogP contribution in [0.15, 0.2) is 47.4 Å². The molecule has 0 aliphatic heterocycles. The molecule has 21 heavy (non-hydrogen) atoms. The van der Waals surface area contributed by atoms with Crippen molar-refractivity contribution >= 4 is 56.1 Å². The van der Waals surface area contributed by atoms with Gasteiger partial charge in [-0.05, 0) is 30.3 Å². The van der Waals surface area contributed by atoms with E-state index in [4.69, 9.17) is 41.2 Å². The fourth-order valence-electron chi connectivity index (χ4n) is 1.59. The Hall–Kier alpha value is -1.34. The van der Waals surface area contributed by atoms with Gasteiger partial charge in [0.1, 0.15) is 4.99 Å². The third kappa shape index (κ3) is 3.85. The van der Waals surface area contributed by atoms with Crippen molar-refractivity contribution in [3.63, 3.8) is 0 Å². The SMILES string of the molecule is NC(=S)c1ccc(Cl)c(NS(=O)(=O)c2cccc(Cl)c2)c1. The molecule has 0 aliphatic rings. The van der Waals surface area contributed by atoms with Crippen LogP contribution in [0.25, 0.3) is 0 Å². The van der Waals surface area contributed by atoms with Gasteiger partial charge in [0.05, 0.1) is 15.6 Å². The first kappa shape index (κ1) is 16.0. The van der Waals surface area contributed by atoms with Crippen LogP contribution in [0.4, 0.5) is 5.69 Å². The highest BCUT2D eigenvalue weighted by Crippen LogP contribution is 2.26. The van der Waals surface area contributed by atoms with Crippen molar-refractivity contribution in [2.75, 3.05) is 4.72 Å². The zero-order valence-electron chi connectivity index (χ0n) is 10.5. The lowest BCUT2D eigenvalue weighted by atomic mass is 10.2. The highest BCUT2D eigenvalue weighted by atomic mass is 35.5. The van der Waals surface area contributed by atoms with Gasteiger partial charge in [-0.1, -0.05) is 47.6 Å². The summed E-state index contributed by atoms with van der Waals surface area (Å²) >= 11 is 16.6. The molecule has 0 unspecified atom stereocenters. The molecule has 0 heterocycles. The summed E-state index contributed by atoms with van der Waals surface area (Å²) < 4.78 is 27.0. The van der Waals surface area contributed by atoms with Crippen LogP contribution >= 0.6 is 35.4 Å². The minimum Gasteiger partial charge on any atom is -0.389 e. The molecule has 0 spiro atoms. The number of hydrogen-bond donors (Lipinski definition) is 2. The van der Waals surface area contributed by atoms with Gasteiger partial charge >= 0.3 is 0 Å². The quantitative estimate of drug-likeness (QED) is 0.819. The molecule has 3 N–H and O–H groups in total. The van der Waals surface area contributed by atoms with E-state index in [0.717, 1.165) is 0 Å². The topological polar surface area (TPSA) is 72.2 Å². The maximum absolute atomic E-state index is 12.3. The van der Waals surface area contributed by atoms with Gasteiger partial charge in [-0.15, -0.1) is 0 Å². The van der Waals surface area contributed by atoms with Crippen LogP contribution in [0.2, 0.25) is 10.0 Å². The molecule has 2 rings (SSSR count). The van der Waals surface area contributed by atoms with Gasteiger partial charge in [0.2, 0.25) is 0 Å². The van der Waals surface area contributed by atoms with E-state index in [0.29, 0.717) is 10.6 Å². The first-order valence-corrected chi connectivity index (χ1v) is 8.32. The summed E-state index contributed by atoms with van der Waals surface area (Å²) in [7, 11) is -3.80.